The average Bonchev–Trinajstić information content (AvgIpc) is 3.40. The Balaban J connectivity index is 1.45. The quantitative estimate of drug-likeness (QED) is 0.139. The number of hydroxylamine groups is 2. The number of rotatable bonds is 10. The molecule has 0 radical (unpaired) electrons. The highest BCUT2D eigenvalue weighted by molar-refractivity contribution is 7.98. The molecule has 1 aromatic heterocycles. The molecule has 13 heteroatoms. The van der Waals surface area contributed by atoms with E-state index in [0.717, 1.165) is 38.8 Å². The number of aromatic nitrogens is 2. The Bertz CT molecular complexity index is 892. The van der Waals surface area contributed by atoms with Crippen molar-refractivity contribution in [2.75, 3.05) is 62.5 Å². The normalized spacial score (nSPS) is 21.9. The van der Waals surface area contributed by atoms with Crippen molar-refractivity contribution in [3.8, 4) is 0 Å². The number of thioether (sulfide) groups is 1. The van der Waals surface area contributed by atoms with Gasteiger partial charge in [-0.3, -0.25) is 30.5 Å². The van der Waals surface area contributed by atoms with Crippen LogP contribution in [0.5, 0.6) is 0 Å². The number of carbonyl (C=O) groups is 2. The van der Waals surface area contributed by atoms with Crippen LogP contribution in [0.1, 0.15) is 32.1 Å². The van der Waals surface area contributed by atoms with Crippen molar-refractivity contribution in [2.45, 2.75) is 43.3 Å². The molecule has 3 fully saturated rings. The Morgan fingerprint density at radius 3 is 2.89 bits per heavy atom. The van der Waals surface area contributed by atoms with E-state index in [4.69, 9.17) is 4.74 Å². The number of anilines is 2. The van der Waals surface area contributed by atoms with Crippen LogP contribution in [0, 0.1) is 17.7 Å². The predicted octanol–water partition coefficient (Wildman–Crippen LogP) is 1.35. The minimum Gasteiger partial charge on any atom is -0.378 e. The van der Waals surface area contributed by atoms with E-state index in [9.17, 15) is 14.8 Å². The zero-order valence-electron chi connectivity index (χ0n) is 20.0. The van der Waals surface area contributed by atoms with Gasteiger partial charge < -0.3 is 9.64 Å². The second-order valence-corrected chi connectivity index (χ2v) is 10.1. The summed E-state index contributed by atoms with van der Waals surface area (Å²) >= 11 is 1.28. The Kier molecular flexibility index (Phi) is 8.98. The summed E-state index contributed by atoms with van der Waals surface area (Å²) in [5, 5.41) is 10.5. The van der Waals surface area contributed by atoms with E-state index in [-0.39, 0.29) is 30.6 Å². The molecule has 3 aliphatic rings. The van der Waals surface area contributed by atoms with Crippen LogP contribution in [0.3, 0.4) is 0 Å². The van der Waals surface area contributed by atoms with E-state index in [0.29, 0.717) is 48.9 Å². The lowest BCUT2D eigenvalue weighted by Gasteiger charge is -2.44. The first-order valence-electron chi connectivity index (χ1n) is 12.1. The number of halogens is 1. The number of ether oxygens (including phenoxy) is 1. The van der Waals surface area contributed by atoms with Gasteiger partial charge in [-0.15, -0.1) is 0 Å². The number of nitrogens with one attached hydrogen (secondary N) is 2. The lowest BCUT2D eigenvalue weighted by Crippen LogP contribution is -2.58. The number of carbonyl (C=O) groups excluding carboxylic acids is 2. The Hall–Kier alpha value is -2.22. The molecule has 3 N–H and O–H groups in total. The van der Waals surface area contributed by atoms with Crippen LogP contribution < -0.4 is 15.8 Å². The van der Waals surface area contributed by atoms with Crippen LogP contribution >= 0.6 is 11.8 Å². The zero-order valence-corrected chi connectivity index (χ0v) is 20.8. The first kappa shape index (κ1) is 25.9. The number of morpholine rings is 1. The summed E-state index contributed by atoms with van der Waals surface area (Å²) < 4.78 is 21.1. The molecule has 194 valence electrons. The fraction of sp³-hybridized carbons (Fsp3) is 0.727. The molecule has 0 unspecified atom stereocenters. The highest BCUT2D eigenvalue weighted by atomic mass is 32.2. The van der Waals surface area contributed by atoms with Gasteiger partial charge in [0, 0.05) is 26.2 Å². The second kappa shape index (κ2) is 12.2. The number of nitrogens with zero attached hydrogens (tertiary/aromatic N) is 5. The number of piperazine rings is 1. The van der Waals surface area contributed by atoms with E-state index in [1.165, 1.54) is 11.8 Å². The highest BCUT2D eigenvalue weighted by Gasteiger charge is 2.32. The summed E-state index contributed by atoms with van der Waals surface area (Å²) in [7, 11) is 0. The van der Waals surface area contributed by atoms with Crippen LogP contribution in [0.4, 0.5) is 16.0 Å². The summed E-state index contributed by atoms with van der Waals surface area (Å²) in [4.78, 5) is 36.7. The zero-order chi connectivity index (χ0) is 24.8. The fourth-order valence-corrected chi connectivity index (χ4v) is 5.50. The molecule has 1 saturated carbocycles. The average molecular weight is 512 g/mol. The molecule has 2 atom stereocenters. The van der Waals surface area contributed by atoms with Gasteiger partial charge in [-0.25, -0.2) is 15.0 Å². The van der Waals surface area contributed by atoms with Crippen LogP contribution in [0.15, 0.2) is 5.16 Å². The number of amides is 2. The summed E-state index contributed by atoms with van der Waals surface area (Å²) in [6, 6.07) is 0.177. The van der Waals surface area contributed by atoms with E-state index >= 15 is 4.39 Å². The van der Waals surface area contributed by atoms with Crippen LogP contribution in [-0.2, 0) is 14.3 Å². The molecule has 0 aromatic carbocycles. The molecule has 4 rings (SSSR count). The van der Waals surface area contributed by atoms with Crippen molar-refractivity contribution in [1.82, 2.24) is 25.4 Å². The summed E-state index contributed by atoms with van der Waals surface area (Å²) in [5.41, 5.74) is 5.17. The van der Waals surface area contributed by atoms with E-state index < -0.39 is 17.6 Å². The number of hydrazine groups is 1. The lowest BCUT2D eigenvalue weighted by molar-refractivity contribution is -0.154. The topological polar surface area (TPSA) is 123 Å². The molecule has 2 amide bonds. The fourth-order valence-electron chi connectivity index (χ4n) is 5.14. The second-order valence-electron chi connectivity index (χ2n) is 9.33. The van der Waals surface area contributed by atoms with Gasteiger partial charge in [0.05, 0.1) is 31.7 Å². The molecule has 35 heavy (non-hydrogen) atoms. The summed E-state index contributed by atoms with van der Waals surface area (Å²) in [6.45, 7) is 4.07. The van der Waals surface area contributed by atoms with Crippen molar-refractivity contribution in [2.24, 2.45) is 11.8 Å². The van der Waals surface area contributed by atoms with Gasteiger partial charge in [-0.05, 0) is 18.6 Å². The molecule has 11 nitrogen and oxygen atoms in total. The Morgan fingerprint density at radius 1 is 1.34 bits per heavy atom. The molecule has 3 heterocycles. The monoisotopic (exact) mass is 511 g/mol. The third-order valence-electron chi connectivity index (χ3n) is 7.03. The van der Waals surface area contributed by atoms with E-state index in [1.807, 2.05) is 4.90 Å². The van der Waals surface area contributed by atoms with Crippen molar-refractivity contribution < 1.29 is 23.9 Å². The van der Waals surface area contributed by atoms with Crippen LogP contribution in [-0.4, -0.2) is 95.7 Å². The molecule has 0 bridgehead atoms. The lowest BCUT2D eigenvalue weighted by atomic mass is 9.92. The van der Waals surface area contributed by atoms with Crippen molar-refractivity contribution in [1.29, 1.82) is 0 Å². The smallest absolute Gasteiger partial charge is 0.243 e. The van der Waals surface area contributed by atoms with Gasteiger partial charge in [0.1, 0.15) is 0 Å². The standard InChI is InChI=1S/C22H34FN7O4S/c1-35-22-24-19(18(23)20(25-22)29-7-6-28-8-9-34-13-17(28)12-29)26-27-21(32)16(11-30(33)14-31)10-15-4-2-3-5-15/h14-17,33H,2-13H2,1H3,(H,27,32)(H,24,25,26)/t16-,17-/m0/s1. The minimum absolute atomic E-state index is 0.120. The Morgan fingerprint density at radius 2 is 2.14 bits per heavy atom. The third-order valence-corrected chi connectivity index (χ3v) is 7.58. The first-order valence-corrected chi connectivity index (χ1v) is 13.4. The molecule has 1 aliphatic carbocycles. The maximum Gasteiger partial charge on any atom is 0.243 e. The predicted molar refractivity (Wildman–Crippen MR) is 129 cm³/mol. The largest absolute Gasteiger partial charge is 0.378 e. The van der Waals surface area contributed by atoms with Gasteiger partial charge in [-0.1, -0.05) is 37.4 Å². The van der Waals surface area contributed by atoms with Crippen molar-refractivity contribution >= 4 is 35.7 Å². The molecule has 1 aromatic rings. The van der Waals surface area contributed by atoms with Gasteiger partial charge in [-0.2, -0.15) is 4.39 Å². The molecular weight excluding hydrogens is 477 g/mol. The van der Waals surface area contributed by atoms with Gasteiger partial charge in [0.15, 0.2) is 16.8 Å². The molecule has 2 saturated heterocycles. The van der Waals surface area contributed by atoms with Crippen molar-refractivity contribution in [3.63, 3.8) is 0 Å². The summed E-state index contributed by atoms with van der Waals surface area (Å²) in [6.07, 6.45) is 6.89. The SMILES string of the molecule is CSc1nc(NNC(=O)[C@@H](CC2CCCC2)CN(O)C=O)c(F)c(N2CCN3CCOC[C@@H]3C2)n1. The van der Waals surface area contributed by atoms with Crippen LogP contribution in [0.2, 0.25) is 0 Å². The molecule has 0 spiro atoms. The maximum absolute atomic E-state index is 15.5. The minimum atomic E-state index is -0.641. The van der Waals surface area contributed by atoms with Gasteiger partial charge in [0.2, 0.25) is 18.1 Å². The highest BCUT2D eigenvalue weighted by Crippen LogP contribution is 2.31. The first-order chi connectivity index (χ1) is 17.0. The number of hydrogen-bond acceptors (Lipinski definition) is 10. The molecule has 2 aliphatic heterocycles. The van der Waals surface area contributed by atoms with E-state index in [2.05, 4.69) is 25.7 Å². The third kappa shape index (κ3) is 6.51. The Labute approximate surface area is 208 Å². The van der Waals surface area contributed by atoms with Crippen LogP contribution in [0.25, 0.3) is 0 Å². The van der Waals surface area contributed by atoms with Crippen molar-refractivity contribution in [3.05, 3.63) is 5.82 Å². The number of fused-ring (bicyclic) bond motifs is 1. The van der Waals surface area contributed by atoms with E-state index in [1.54, 1.807) is 6.26 Å². The maximum atomic E-state index is 15.5. The van der Waals surface area contributed by atoms with Gasteiger partial charge in [0.25, 0.3) is 0 Å². The van der Waals surface area contributed by atoms with Gasteiger partial charge >= 0.3 is 0 Å². The summed E-state index contributed by atoms with van der Waals surface area (Å²) in [5.74, 6) is -1.28. The number of hydrogen-bond donors (Lipinski definition) is 3. The molecular formula is C22H34FN7O4S.